The SMILES string of the molecule is Cc1[nH]nc(C2CCNCC2)c1Br. The molecule has 1 aromatic heterocycles. The largest absolute Gasteiger partial charge is 0.317 e. The van der Waals surface area contributed by atoms with Gasteiger partial charge in [0.25, 0.3) is 0 Å². The van der Waals surface area contributed by atoms with E-state index in [4.69, 9.17) is 0 Å². The Kier molecular flexibility index (Phi) is 2.69. The van der Waals surface area contributed by atoms with Crippen LogP contribution in [-0.2, 0) is 0 Å². The molecule has 1 fully saturated rings. The number of nitrogens with zero attached hydrogens (tertiary/aromatic N) is 1. The Hall–Kier alpha value is -0.350. The standard InChI is InChI=1S/C9H14BrN3/c1-6-8(10)9(13-12-6)7-2-4-11-5-3-7/h7,11H,2-5H2,1H3,(H,12,13). The number of hydrogen-bond acceptors (Lipinski definition) is 2. The molecular weight excluding hydrogens is 230 g/mol. The van der Waals surface area contributed by atoms with E-state index in [1.807, 2.05) is 6.92 Å². The quantitative estimate of drug-likeness (QED) is 0.792. The summed E-state index contributed by atoms with van der Waals surface area (Å²) in [6.45, 7) is 4.27. The molecule has 0 aliphatic carbocycles. The average molecular weight is 244 g/mol. The molecule has 0 aromatic carbocycles. The van der Waals surface area contributed by atoms with E-state index in [0.29, 0.717) is 5.92 Å². The van der Waals surface area contributed by atoms with E-state index in [-0.39, 0.29) is 0 Å². The smallest absolute Gasteiger partial charge is 0.0798 e. The van der Waals surface area contributed by atoms with Crippen molar-refractivity contribution < 1.29 is 0 Å². The Morgan fingerprint density at radius 3 is 2.62 bits per heavy atom. The van der Waals surface area contributed by atoms with Gasteiger partial charge in [-0.25, -0.2) is 0 Å². The van der Waals surface area contributed by atoms with Crippen LogP contribution in [0.5, 0.6) is 0 Å². The van der Waals surface area contributed by atoms with Crippen LogP contribution in [0.15, 0.2) is 4.47 Å². The maximum Gasteiger partial charge on any atom is 0.0798 e. The number of hydrogen-bond donors (Lipinski definition) is 2. The summed E-state index contributed by atoms with van der Waals surface area (Å²) in [6, 6.07) is 0. The van der Waals surface area contributed by atoms with Gasteiger partial charge in [-0.3, -0.25) is 5.10 Å². The van der Waals surface area contributed by atoms with Crippen molar-refractivity contribution in [3.63, 3.8) is 0 Å². The van der Waals surface area contributed by atoms with E-state index >= 15 is 0 Å². The Labute approximate surface area is 86.4 Å². The topological polar surface area (TPSA) is 40.7 Å². The number of rotatable bonds is 1. The number of nitrogens with one attached hydrogen (secondary N) is 2. The summed E-state index contributed by atoms with van der Waals surface area (Å²) in [5.41, 5.74) is 2.34. The number of piperidine rings is 1. The molecule has 1 aliphatic rings. The molecule has 4 heteroatoms. The molecule has 1 aliphatic heterocycles. The van der Waals surface area contributed by atoms with Crippen molar-refractivity contribution in [2.45, 2.75) is 25.7 Å². The van der Waals surface area contributed by atoms with Gasteiger partial charge in [0.1, 0.15) is 0 Å². The minimum atomic E-state index is 0.626. The van der Waals surface area contributed by atoms with Crippen LogP contribution in [0, 0.1) is 6.92 Å². The predicted molar refractivity (Wildman–Crippen MR) is 55.9 cm³/mol. The summed E-state index contributed by atoms with van der Waals surface area (Å²) >= 11 is 3.57. The molecule has 0 spiro atoms. The minimum Gasteiger partial charge on any atom is -0.317 e. The van der Waals surface area contributed by atoms with Crippen molar-refractivity contribution in [3.05, 3.63) is 15.9 Å². The predicted octanol–water partition coefficient (Wildman–Crippen LogP) is 1.95. The summed E-state index contributed by atoms with van der Waals surface area (Å²) in [5.74, 6) is 0.626. The molecule has 2 heterocycles. The zero-order valence-electron chi connectivity index (χ0n) is 7.73. The Balaban J connectivity index is 2.18. The maximum absolute atomic E-state index is 4.34. The monoisotopic (exact) mass is 243 g/mol. The summed E-state index contributed by atoms with van der Waals surface area (Å²) in [6.07, 6.45) is 2.39. The average Bonchev–Trinajstić information content (AvgIpc) is 2.49. The number of aromatic amines is 1. The Bertz CT molecular complexity index is 289. The van der Waals surface area contributed by atoms with Gasteiger partial charge < -0.3 is 5.32 Å². The van der Waals surface area contributed by atoms with Crippen LogP contribution in [0.3, 0.4) is 0 Å². The third-order valence-electron chi connectivity index (χ3n) is 2.62. The van der Waals surface area contributed by atoms with Crippen molar-refractivity contribution in [1.82, 2.24) is 15.5 Å². The fourth-order valence-corrected chi connectivity index (χ4v) is 2.30. The van der Waals surface area contributed by atoms with Gasteiger partial charge in [0.05, 0.1) is 10.2 Å². The molecule has 3 nitrogen and oxygen atoms in total. The summed E-state index contributed by atoms with van der Waals surface area (Å²) < 4.78 is 1.17. The number of H-pyrrole nitrogens is 1. The number of aryl methyl sites for hydroxylation is 1. The van der Waals surface area contributed by atoms with Crippen molar-refractivity contribution in [1.29, 1.82) is 0 Å². The first-order valence-electron chi connectivity index (χ1n) is 4.70. The van der Waals surface area contributed by atoms with E-state index in [2.05, 4.69) is 31.4 Å². The van der Waals surface area contributed by atoms with E-state index in [9.17, 15) is 0 Å². The van der Waals surface area contributed by atoms with E-state index in [1.165, 1.54) is 23.0 Å². The fourth-order valence-electron chi connectivity index (χ4n) is 1.80. The molecule has 1 saturated heterocycles. The van der Waals surface area contributed by atoms with E-state index in [1.54, 1.807) is 0 Å². The highest BCUT2D eigenvalue weighted by molar-refractivity contribution is 9.10. The first-order valence-corrected chi connectivity index (χ1v) is 5.49. The molecule has 2 N–H and O–H groups in total. The summed E-state index contributed by atoms with van der Waals surface area (Å²) in [7, 11) is 0. The van der Waals surface area contributed by atoms with Crippen molar-refractivity contribution >= 4 is 15.9 Å². The van der Waals surface area contributed by atoms with Gasteiger partial charge in [-0.1, -0.05) is 0 Å². The number of aromatic nitrogens is 2. The second-order valence-electron chi connectivity index (χ2n) is 3.57. The lowest BCUT2D eigenvalue weighted by molar-refractivity contribution is 0.452. The van der Waals surface area contributed by atoms with Crippen LogP contribution < -0.4 is 5.32 Å². The van der Waals surface area contributed by atoms with Crippen LogP contribution in [-0.4, -0.2) is 23.3 Å². The lowest BCUT2D eigenvalue weighted by Crippen LogP contribution is -2.26. The molecule has 0 unspecified atom stereocenters. The van der Waals surface area contributed by atoms with Crippen LogP contribution in [0.4, 0.5) is 0 Å². The van der Waals surface area contributed by atoms with E-state index < -0.39 is 0 Å². The zero-order chi connectivity index (χ0) is 9.26. The first-order chi connectivity index (χ1) is 6.29. The molecule has 0 saturated carbocycles. The van der Waals surface area contributed by atoms with Crippen molar-refractivity contribution in [2.75, 3.05) is 13.1 Å². The highest BCUT2D eigenvalue weighted by Gasteiger charge is 2.20. The van der Waals surface area contributed by atoms with E-state index in [0.717, 1.165) is 18.8 Å². The van der Waals surface area contributed by atoms with Crippen LogP contribution in [0.2, 0.25) is 0 Å². The summed E-state index contributed by atoms with van der Waals surface area (Å²) in [4.78, 5) is 0. The summed E-state index contributed by atoms with van der Waals surface area (Å²) in [5, 5.41) is 10.7. The van der Waals surface area contributed by atoms with Gasteiger partial charge >= 0.3 is 0 Å². The third kappa shape index (κ3) is 1.79. The molecule has 13 heavy (non-hydrogen) atoms. The van der Waals surface area contributed by atoms with Crippen LogP contribution in [0.25, 0.3) is 0 Å². The minimum absolute atomic E-state index is 0.626. The van der Waals surface area contributed by atoms with Gasteiger partial charge in [0.15, 0.2) is 0 Å². The molecular formula is C9H14BrN3. The van der Waals surface area contributed by atoms with Gasteiger partial charge in [0, 0.05) is 11.6 Å². The molecule has 2 rings (SSSR count). The second kappa shape index (κ2) is 3.80. The molecule has 0 amide bonds. The lowest BCUT2D eigenvalue weighted by Gasteiger charge is -2.21. The molecule has 0 radical (unpaired) electrons. The van der Waals surface area contributed by atoms with Crippen LogP contribution >= 0.6 is 15.9 Å². The van der Waals surface area contributed by atoms with Gasteiger partial charge in [-0.05, 0) is 48.8 Å². The highest BCUT2D eigenvalue weighted by atomic mass is 79.9. The molecule has 0 atom stereocenters. The fraction of sp³-hybridized carbons (Fsp3) is 0.667. The Morgan fingerprint density at radius 2 is 2.08 bits per heavy atom. The highest BCUT2D eigenvalue weighted by Crippen LogP contribution is 2.30. The van der Waals surface area contributed by atoms with Gasteiger partial charge in [0.2, 0.25) is 0 Å². The van der Waals surface area contributed by atoms with Crippen molar-refractivity contribution in [3.8, 4) is 0 Å². The zero-order valence-corrected chi connectivity index (χ0v) is 9.32. The first kappa shape index (κ1) is 9.21. The number of halogens is 1. The molecule has 72 valence electrons. The van der Waals surface area contributed by atoms with Gasteiger partial charge in [-0.2, -0.15) is 5.10 Å². The lowest BCUT2D eigenvalue weighted by atomic mass is 9.95. The Morgan fingerprint density at radius 1 is 1.38 bits per heavy atom. The normalized spacial score (nSPS) is 19.2. The second-order valence-corrected chi connectivity index (χ2v) is 4.37. The van der Waals surface area contributed by atoms with Crippen LogP contribution in [0.1, 0.15) is 30.1 Å². The maximum atomic E-state index is 4.34. The third-order valence-corrected chi connectivity index (χ3v) is 3.63. The van der Waals surface area contributed by atoms with Gasteiger partial charge in [-0.15, -0.1) is 0 Å². The molecule has 0 bridgehead atoms. The van der Waals surface area contributed by atoms with Crippen molar-refractivity contribution in [2.24, 2.45) is 0 Å². The molecule has 1 aromatic rings.